The number of ether oxygens (including phenoxy) is 1. The average Bonchev–Trinajstić information content (AvgIpc) is 3.12. The summed E-state index contributed by atoms with van der Waals surface area (Å²) in [6.07, 6.45) is 0. The van der Waals surface area contributed by atoms with E-state index in [-0.39, 0.29) is 24.2 Å². The number of amides is 1. The number of carbonyl (C=O) groups is 1. The minimum atomic E-state index is -0.343. The van der Waals surface area contributed by atoms with E-state index in [1.165, 1.54) is 6.07 Å². The summed E-state index contributed by atoms with van der Waals surface area (Å²) in [6.45, 7) is 1.80. The lowest BCUT2D eigenvalue weighted by Crippen LogP contribution is -2.20. The molecule has 146 valence electrons. The number of oxazole rings is 1. The first-order chi connectivity index (χ1) is 14.0. The SMILES string of the molecule is Cc1ccc2oc(-c3cc(NC(=O)COc4ccc(Cl)cc4)ccc3O)nc2c1. The second-order valence-corrected chi connectivity index (χ2v) is 6.95. The van der Waals surface area contributed by atoms with Gasteiger partial charge in [0.15, 0.2) is 12.2 Å². The normalized spacial score (nSPS) is 10.8. The third-order valence-corrected chi connectivity index (χ3v) is 4.49. The molecule has 6 nitrogen and oxygen atoms in total. The number of carbonyl (C=O) groups excluding carboxylic acids is 1. The van der Waals surface area contributed by atoms with Crippen LogP contribution in [-0.4, -0.2) is 22.6 Å². The smallest absolute Gasteiger partial charge is 0.262 e. The fourth-order valence-electron chi connectivity index (χ4n) is 2.81. The predicted octanol–water partition coefficient (Wildman–Crippen LogP) is 5.18. The lowest BCUT2D eigenvalue weighted by atomic mass is 10.1. The van der Waals surface area contributed by atoms with Crippen molar-refractivity contribution in [1.29, 1.82) is 0 Å². The van der Waals surface area contributed by atoms with Crippen molar-refractivity contribution in [3.63, 3.8) is 0 Å². The van der Waals surface area contributed by atoms with Gasteiger partial charge < -0.3 is 19.6 Å². The third kappa shape index (κ3) is 4.33. The number of phenols is 1. The first-order valence-corrected chi connectivity index (χ1v) is 9.24. The molecule has 0 fully saturated rings. The molecular weight excluding hydrogens is 392 g/mol. The van der Waals surface area contributed by atoms with Crippen LogP contribution in [0.5, 0.6) is 11.5 Å². The van der Waals surface area contributed by atoms with Crippen LogP contribution in [0.15, 0.2) is 65.1 Å². The van der Waals surface area contributed by atoms with Crippen molar-refractivity contribution in [2.75, 3.05) is 11.9 Å². The maximum Gasteiger partial charge on any atom is 0.262 e. The summed E-state index contributed by atoms with van der Waals surface area (Å²) in [5, 5.41) is 13.6. The summed E-state index contributed by atoms with van der Waals surface area (Å²) in [4.78, 5) is 16.6. The summed E-state index contributed by atoms with van der Waals surface area (Å²) in [6, 6.07) is 17.1. The molecule has 0 unspecified atom stereocenters. The summed E-state index contributed by atoms with van der Waals surface area (Å²) >= 11 is 5.83. The standard InChI is InChI=1S/C22H17ClN2O4/c1-13-2-9-20-18(10-13)25-22(29-20)17-11-15(5-8-19(17)26)24-21(27)12-28-16-6-3-14(23)4-7-16/h2-11,26H,12H2,1H3,(H,24,27). The van der Waals surface area contributed by atoms with Gasteiger partial charge in [-0.3, -0.25) is 4.79 Å². The van der Waals surface area contributed by atoms with E-state index in [0.717, 1.165) is 5.56 Å². The number of phenolic OH excluding ortho intramolecular Hbond substituents is 1. The Bertz CT molecular complexity index is 1190. The van der Waals surface area contributed by atoms with Crippen molar-refractivity contribution in [3.05, 3.63) is 71.2 Å². The molecule has 3 aromatic carbocycles. The highest BCUT2D eigenvalue weighted by molar-refractivity contribution is 6.30. The molecule has 1 amide bonds. The minimum Gasteiger partial charge on any atom is -0.507 e. The van der Waals surface area contributed by atoms with Gasteiger partial charge in [0.05, 0.1) is 5.56 Å². The quantitative estimate of drug-likeness (QED) is 0.444. The van der Waals surface area contributed by atoms with Crippen LogP contribution in [0.25, 0.3) is 22.6 Å². The van der Waals surface area contributed by atoms with Gasteiger partial charge in [-0.1, -0.05) is 17.7 Å². The Morgan fingerprint density at radius 2 is 1.93 bits per heavy atom. The van der Waals surface area contributed by atoms with Crippen LogP contribution < -0.4 is 10.1 Å². The molecule has 2 N–H and O–H groups in total. The van der Waals surface area contributed by atoms with Crippen molar-refractivity contribution in [1.82, 2.24) is 4.98 Å². The molecule has 0 saturated heterocycles. The van der Waals surface area contributed by atoms with E-state index in [9.17, 15) is 9.90 Å². The maximum atomic E-state index is 12.2. The molecule has 0 saturated carbocycles. The van der Waals surface area contributed by atoms with Crippen molar-refractivity contribution in [2.24, 2.45) is 0 Å². The molecule has 1 aromatic heterocycles. The largest absolute Gasteiger partial charge is 0.507 e. The summed E-state index contributed by atoms with van der Waals surface area (Å²) in [5.74, 6) is 0.475. The number of rotatable bonds is 5. The Morgan fingerprint density at radius 1 is 1.14 bits per heavy atom. The Morgan fingerprint density at radius 3 is 2.72 bits per heavy atom. The van der Waals surface area contributed by atoms with E-state index in [1.807, 2.05) is 25.1 Å². The molecule has 4 rings (SSSR count). The minimum absolute atomic E-state index is 0.00342. The zero-order chi connectivity index (χ0) is 20.4. The first-order valence-electron chi connectivity index (χ1n) is 8.87. The lowest BCUT2D eigenvalue weighted by Gasteiger charge is -2.09. The molecule has 0 aliphatic rings. The molecule has 0 aliphatic carbocycles. The lowest BCUT2D eigenvalue weighted by molar-refractivity contribution is -0.118. The zero-order valence-corrected chi connectivity index (χ0v) is 16.2. The Balaban J connectivity index is 1.50. The van der Waals surface area contributed by atoms with Crippen LogP contribution in [0.4, 0.5) is 5.69 Å². The van der Waals surface area contributed by atoms with Crippen LogP contribution in [-0.2, 0) is 4.79 Å². The Labute approximate surface area is 171 Å². The highest BCUT2D eigenvalue weighted by Gasteiger charge is 2.14. The predicted molar refractivity (Wildman–Crippen MR) is 111 cm³/mol. The van der Waals surface area contributed by atoms with Crippen molar-refractivity contribution >= 4 is 34.3 Å². The second-order valence-electron chi connectivity index (χ2n) is 6.51. The second kappa shape index (κ2) is 7.85. The third-order valence-electron chi connectivity index (χ3n) is 4.24. The number of aryl methyl sites for hydroxylation is 1. The van der Waals surface area contributed by atoms with Gasteiger partial charge in [-0.05, 0) is 67.1 Å². The maximum absolute atomic E-state index is 12.2. The van der Waals surface area contributed by atoms with Gasteiger partial charge in [0.25, 0.3) is 5.91 Å². The summed E-state index contributed by atoms with van der Waals surface area (Å²) in [7, 11) is 0. The van der Waals surface area contributed by atoms with Crippen molar-refractivity contribution < 1.29 is 19.1 Å². The molecule has 0 atom stereocenters. The van der Waals surface area contributed by atoms with Gasteiger partial charge in [-0.15, -0.1) is 0 Å². The Hall–Kier alpha value is -3.51. The van der Waals surface area contributed by atoms with Crippen LogP contribution in [0.2, 0.25) is 5.02 Å². The van der Waals surface area contributed by atoms with Gasteiger partial charge in [-0.2, -0.15) is 0 Å². The van der Waals surface area contributed by atoms with Crippen molar-refractivity contribution in [2.45, 2.75) is 6.92 Å². The topological polar surface area (TPSA) is 84.6 Å². The van der Waals surface area contributed by atoms with Crippen molar-refractivity contribution in [3.8, 4) is 23.0 Å². The molecule has 0 aliphatic heterocycles. The highest BCUT2D eigenvalue weighted by atomic mass is 35.5. The molecule has 29 heavy (non-hydrogen) atoms. The molecular formula is C22H17ClN2O4. The van der Waals surface area contributed by atoms with Crippen LogP contribution >= 0.6 is 11.6 Å². The molecule has 1 heterocycles. The average molecular weight is 409 g/mol. The number of nitrogens with one attached hydrogen (secondary N) is 1. The van der Waals surface area contributed by atoms with Gasteiger partial charge >= 0.3 is 0 Å². The first kappa shape index (κ1) is 18.8. The van der Waals surface area contributed by atoms with E-state index in [2.05, 4.69) is 10.3 Å². The van der Waals surface area contributed by atoms with E-state index in [0.29, 0.717) is 33.1 Å². The summed E-state index contributed by atoms with van der Waals surface area (Å²) in [5.41, 5.74) is 3.25. The number of aromatic nitrogens is 1. The van der Waals surface area contributed by atoms with Gasteiger partial charge in [0, 0.05) is 10.7 Å². The van der Waals surface area contributed by atoms with Crippen LogP contribution in [0.3, 0.4) is 0 Å². The number of fused-ring (bicyclic) bond motifs is 1. The van der Waals surface area contributed by atoms with Gasteiger partial charge in [-0.25, -0.2) is 4.98 Å². The fourth-order valence-corrected chi connectivity index (χ4v) is 2.94. The number of nitrogens with zero attached hydrogens (tertiary/aromatic N) is 1. The molecule has 7 heteroatoms. The van der Waals surface area contributed by atoms with Crippen LogP contribution in [0.1, 0.15) is 5.56 Å². The Kier molecular flexibility index (Phi) is 5.10. The van der Waals surface area contributed by atoms with Crippen LogP contribution in [0, 0.1) is 6.92 Å². The van der Waals surface area contributed by atoms with E-state index < -0.39 is 0 Å². The summed E-state index contributed by atoms with van der Waals surface area (Å²) < 4.78 is 11.2. The highest BCUT2D eigenvalue weighted by Crippen LogP contribution is 2.33. The monoisotopic (exact) mass is 408 g/mol. The number of halogens is 1. The number of benzene rings is 3. The number of hydrogen-bond acceptors (Lipinski definition) is 5. The molecule has 0 spiro atoms. The number of anilines is 1. The fraction of sp³-hybridized carbons (Fsp3) is 0.0909. The van der Waals surface area contributed by atoms with E-state index >= 15 is 0 Å². The molecule has 4 aromatic rings. The van der Waals surface area contributed by atoms with Gasteiger partial charge in [0.2, 0.25) is 5.89 Å². The van der Waals surface area contributed by atoms with E-state index in [1.54, 1.807) is 36.4 Å². The molecule has 0 bridgehead atoms. The zero-order valence-electron chi connectivity index (χ0n) is 15.5. The number of aromatic hydroxyl groups is 1. The van der Waals surface area contributed by atoms with Gasteiger partial charge in [0.1, 0.15) is 17.0 Å². The molecule has 0 radical (unpaired) electrons. The van der Waals surface area contributed by atoms with E-state index in [4.69, 9.17) is 20.8 Å². The number of hydrogen-bond donors (Lipinski definition) is 2.